The summed E-state index contributed by atoms with van der Waals surface area (Å²) >= 11 is 0. The molecule has 6 aromatic carbocycles. The predicted octanol–water partition coefficient (Wildman–Crippen LogP) is 10.2. The summed E-state index contributed by atoms with van der Waals surface area (Å²) in [6.07, 6.45) is 0. The molecule has 42 heavy (non-hydrogen) atoms. The number of benzene rings is 6. The van der Waals surface area contributed by atoms with Crippen LogP contribution in [0.1, 0.15) is 11.1 Å². The molecule has 0 spiro atoms. The van der Waals surface area contributed by atoms with E-state index in [0.717, 1.165) is 77.3 Å². The SMILES string of the molecule is N#Cc1ccc2oc3c(-c4ccc(-c5ccc6c(c5)oc5ccccc56)c(-c5ccccc5C#N)c4)cccc3c2c1. The zero-order valence-corrected chi connectivity index (χ0v) is 22.3. The van der Waals surface area contributed by atoms with E-state index in [1.807, 2.05) is 72.8 Å². The van der Waals surface area contributed by atoms with Crippen LogP contribution >= 0.6 is 0 Å². The van der Waals surface area contributed by atoms with Crippen LogP contribution in [0.5, 0.6) is 0 Å². The van der Waals surface area contributed by atoms with E-state index in [4.69, 9.17) is 8.83 Å². The number of nitrogens with zero attached hydrogens (tertiary/aromatic N) is 2. The summed E-state index contributed by atoms with van der Waals surface area (Å²) < 4.78 is 12.6. The van der Waals surface area contributed by atoms with Crippen LogP contribution in [-0.4, -0.2) is 0 Å². The van der Waals surface area contributed by atoms with E-state index >= 15 is 0 Å². The number of fused-ring (bicyclic) bond motifs is 6. The zero-order chi connectivity index (χ0) is 28.2. The monoisotopic (exact) mass is 536 g/mol. The van der Waals surface area contributed by atoms with Crippen molar-refractivity contribution in [2.24, 2.45) is 0 Å². The maximum Gasteiger partial charge on any atom is 0.143 e. The highest BCUT2D eigenvalue weighted by Crippen LogP contribution is 2.42. The second kappa shape index (κ2) is 9.24. The molecule has 0 bridgehead atoms. The number of nitriles is 2. The lowest BCUT2D eigenvalue weighted by atomic mass is 9.88. The molecule has 0 aliphatic carbocycles. The Balaban J connectivity index is 1.37. The largest absolute Gasteiger partial charge is 0.456 e. The second-order valence-corrected chi connectivity index (χ2v) is 10.3. The standard InChI is InChI=1S/C38H20N2O2/c39-21-23-12-17-36-34(18-23)32-10-5-9-29(38(32)42-36)24-13-15-28(33(19-24)27-7-2-1-6-26(27)22-40)25-14-16-31-30-8-3-4-11-35(30)41-37(31)20-25/h1-20H. The maximum absolute atomic E-state index is 10.0. The highest BCUT2D eigenvalue weighted by atomic mass is 16.3. The van der Waals surface area contributed by atoms with E-state index < -0.39 is 0 Å². The van der Waals surface area contributed by atoms with Gasteiger partial charge in [-0.25, -0.2) is 0 Å². The normalized spacial score (nSPS) is 11.3. The Morgan fingerprint density at radius 1 is 0.429 bits per heavy atom. The van der Waals surface area contributed by atoms with Crippen molar-refractivity contribution in [1.29, 1.82) is 10.5 Å². The van der Waals surface area contributed by atoms with Crippen LogP contribution in [0.25, 0.3) is 77.3 Å². The van der Waals surface area contributed by atoms with Crippen molar-refractivity contribution in [3.63, 3.8) is 0 Å². The summed E-state index contributed by atoms with van der Waals surface area (Å²) in [7, 11) is 0. The molecule has 8 aromatic rings. The lowest BCUT2D eigenvalue weighted by Gasteiger charge is -2.14. The molecule has 2 heterocycles. The number of hydrogen-bond acceptors (Lipinski definition) is 4. The van der Waals surface area contributed by atoms with E-state index in [2.05, 4.69) is 54.6 Å². The summed E-state index contributed by atoms with van der Waals surface area (Å²) in [6, 6.07) is 44.6. The smallest absolute Gasteiger partial charge is 0.143 e. The Morgan fingerprint density at radius 3 is 2.07 bits per heavy atom. The Hall–Kier alpha value is -6.10. The van der Waals surface area contributed by atoms with E-state index in [1.165, 1.54) is 0 Å². The molecule has 8 rings (SSSR count). The average molecular weight is 537 g/mol. The topological polar surface area (TPSA) is 73.9 Å². The summed E-state index contributed by atoms with van der Waals surface area (Å²) in [5.74, 6) is 0. The average Bonchev–Trinajstić information content (AvgIpc) is 3.62. The zero-order valence-electron chi connectivity index (χ0n) is 22.3. The molecule has 0 atom stereocenters. The molecule has 2 aromatic heterocycles. The molecule has 0 fully saturated rings. The highest BCUT2D eigenvalue weighted by molar-refractivity contribution is 6.10. The van der Waals surface area contributed by atoms with Crippen molar-refractivity contribution < 1.29 is 8.83 Å². The van der Waals surface area contributed by atoms with Gasteiger partial charge in [0.15, 0.2) is 0 Å². The lowest BCUT2D eigenvalue weighted by Crippen LogP contribution is -1.91. The van der Waals surface area contributed by atoms with Gasteiger partial charge < -0.3 is 8.83 Å². The molecule has 194 valence electrons. The number of rotatable bonds is 3. The first-order valence-corrected chi connectivity index (χ1v) is 13.6. The minimum atomic E-state index is 0.594. The van der Waals surface area contributed by atoms with Gasteiger partial charge in [0.1, 0.15) is 22.3 Å². The van der Waals surface area contributed by atoms with Crippen molar-refractivity contribution in [2.45, 2.75) is 0 Å². The quantitative estimate of drug-likeness (QED) is 0.225. The fourth-order valence-electron chi connectivity index (χ4n) is 5.99. The maximum atomic E-state index is 10.0. The van der Waals surface area contributed by atoms with E-state index in [9.17, 15) is 10.5 Å². The van der Waals surface area contributed by atoms with Crippen molar-refractivity contribution in [1.82, 2.24) is 0 Å². The van der Waals surface area contributed by atoms with Crippen LogP contribution in [0.4, 0.5) is 0 Å². The van der Waals surface area contributed by atoms with Gasteiger partial charge in [0.05, 0.1) is 23.3 Å². The molecule has 0 saturated heterocycles. The minimum absolute atomic E-state index is 0.594. The van der Waals surface area contributed by atoms with Crippen LogP contribution in [0, 0.1) is 22.7 Å². The van der Waals surface area contributed by atoms with Crippen LogP contribution in [-0.2, 0) is 0 Å². The third-order valence-electron chi connectivity index (χ3n) is 7.98. The molecule has 0 saturated carbocycles. The predicted molar refractivity (Wildman–Crippen MR) is 167 cm³/mol. The third-order valence-corrected chi connectivity index (χ3v) is 7.98. The van der Waals surface area contributed by atoms with Gasteiger partial charge in [0.25, 0.3) is 0 Å². The molecule has 0 amide bonds. The number of para-hydroxylation sites is 2. The fourth-order valence-corrected chi connectivity index (χ4v) is 5.99. The first-order valence-electron chi connectivity index (χ1n) is 13.6. The van der Waals surface area contributed by atoms with Crippen LogP contribution in [0.15, 0.2) is 130 Å². The first-order chi connectivity index (χ1) is 20.7. The molecule has 4 heteroatoms. The van der Waals surface area contributed by atoms with Gasteiger partial charge in [0, 0.05) is 32.7 Å². The van der Waals surface area contributed by atoms with E-state index in [1.54, 1.807) is 6.07 Å². The Kier molecular flexibility index (Phi) is 5.22. The van der Waals surface area contributed by atoms with Gasteiger partial charge in [-0.1, -0.05) is 72.8 Å². The highest BCUT2D eigenvalue weighted by Gasteiger charge is 2.18. The molecular formula is C38H20N2O2. The summed E-state index contributed by atoms with van der Waals surface area (Å²) in [4.78, 5) is 0. The molecular weight excluding hydrogens is 516 g/mol. The van der Waals surface area contributed by atoms with E-state index in [0.29, 0.717) is 11.1 Å². The Bertz CT molecular complexity index is 2450. The van der Waals surface area contributed by atoms with Gasteiger partial charge in [-0.2, -0.15) is 10.5 Å². The van der Waals surface area contributed by atoms with E-state index in [-0.39, 0.29) is 0 Å². The van der Waals surface area contributed by atoms with Gasteiger partial charge >= 0.3 is 0 Å². The lowest BCUT2D eigenvalue weighted by molar-refractivity contribution is 0.669. The third kappa shape index (κ3) is 3.60. The van der Waals surface area contributed by atoms with Gasteiger partial charge in [0.2, 0.25) is 0 Å². The molecule has 4 nitrogen and oxygen atoms in total. The molecule has 0 N–H and O–H groups in total. The van der Waals surface area contributed by atoms with Crippen LogP contribution in [0.2, 0.25) is 0 Å². The fraction of sp³-hybridized carbons (Fsp3) is 0. The first kappa shape index (κ1) is 23.8. The minimum Gasteiger partial charge on any atom is -0.456 e. The summed E-state index contributed by atoms with van der Waals surface area (Å²) in [5.41, 5.74) is 10.1. The van der Waals surface area contributed by atoms with Crippen molar-refractivity contribution >= 4 is 43.9 Å². The number of furan rings is 2. The van der Waals surface area contributed by atoms with Crippen molar-refractivity contribution in [2.75, 3.05) is 0 Å². The Morgan fingerprint density at radius 2 is 1.17 bits per heavy atom. The molecule has 0 aliphatic heterocycles. The van der Waals surface area contributed by atoms with Gasteiger partial charge in [-0.15, -0.1) is 0 Å². The molecule has 0 radical (unpaired) electrons. The van der Waals surface area contributed by atoms with Crippen LogP contribution in [0.3, 0.4) is 0 Å². The van der Waals surface area contributed by atoms with Crippen molar-refractivity contribution in [3.05, 3.63) is 132 Å². The summed E-state index contributed by atoms with van der Waals surface area (Å²) in [6.45, 7) is 0. The van der Waals surface area contributed by atoms with Crippen molar-refractivity contribution in [3.8, 4) is 45.5 Å². The number of hydrogen-bond donors (Lipinski definition) is 0. The second-order valence-electron chi connectivity index (χ2n) is 10.3. The Labute approximate surface area is 240 Å². The van der Waals surface area contributed by atoms with Gasteiger partial charge in [-0.05, 0) is 70.8 Å². The summed E-state index contributed by atoms with van der Waals surface area (Å²) in [5, 5.41) is 23.5. The van der Waals surface area contributed by atoms with Gasteiger partial charge in [-0.3, -0.25) is 0 Å². The van der Waals surface area contributed by atoms with Crippen LogP contribution < -0.4 is 0 Å². The molecule has 0 unspecified atom stereocenters. The molecule has 0 aliphatic rings.